The van der Waals surface area contributed by atoms with E-state index in [1.54, 1.807) is 0 Å². The molecule has 0 aromatic carbocycles. The minimum absolute atomic E-state index is 0.244. The highest BCUT2D eigenvalue weighted by molar-refractivity contribution is 5.75. The van der Waals surface area contributed by atoms with Gasteiger partial charge in [0, 0.05) is 30.5 Å². The predicted molar refractivity (Wildman–Crippen MR) is 81.8 cm³/mol. The van der Waals surface area contributed by atoms with Crippen LogP contribution < -0.4 is 16.4 Å². The number of nitrogens with zero attached hydrogens (tertiary/aromatic N) is 2. The monoisotopic (exact) mass is 279 g/mol. The Morgan fingerprint density at radius 3 is 2.35 bits per heavy atom. The molecule has 1 aromatic heterocycles. The van der Waals surface area contributed by atoms with Gasteiger partial charge in [0.05, 0.1) is 0 Å². The normalized spacial score (nSPS) is 11.2. The fourth-order valence-electron chi connectivity index (χ4n) is 1.98. The van der Waals surface area contributed by atoms with Crippen molar-refractivity contribution in [3.8, 4) is 0 Å². The van der Waals surface area contributed by atoms with Crippen molar-refractivity contribution in [1.82, 2.24) is 9.97 Å². The van der Waals surface area contributed by atoms with Crippen LogP contribution in [0.25, 0.3) is 0 Å². The molecule has 20 heavy (non-hydrogen) atoms. The summed E-state index contributed by atoms with van der Waals surface area (Å²) >= 11 is 0. The first-order chi connectivity index (χ1) is 9.29. The maximum Gasteiger partial charge on any atom is 0.219 e. The Balaban J connectivity index is 3.10. The van der Waals surface area contributed by atoms with Crippen LogP contribution in [0.5, 0.6) is 0 Å². The molecule has 1 aromatic rings. The van der Waals surface area contributed by atoms with Gasteiger partial charge in [-0.15, -0.1) is 0 Å². The molecule has 0 saturated carbocycles. The number of primary amides is 1. The van der Waals surface area contributed by atoms with Crippen LogP contribution in [0.15, 0.2) is 0 Å². The lowest BCUT2D eigenvalue weighted by atomic mass is 10.00. The molecule has 0 spiro atoms. The van der Waals surface area contributed by atoms with E-state index in [1.807, 2.05) is 34.6 Å². The second-order valence-corrected chi connectivity index (χ2v) is 5.50. The molecule has 0 unspecified atom stereocenters. The number of rotatable bonds is 7. The first-order valence-corrected chi connectivity index (χ1v) is 6.97. The van der Waals surface area contributed by atoms with E-state index in [4.69, 9.17) is 5.73 Å². The summed E-state index contributed by atoms with van der Waals surface area (Å²) in [5.74, 6) is 2.01. The van der Waals surface area contributed by atoms with Crippen LogP contribution in [-0.2, 0) is 11.2 Å². The van der Waals surface area contributed by atoms with Crippen molar-refractivity contribution in [3.63, 3.8) is 0 Å². The minimum atomic E-state index is -0.445. The SMILES string of the molecule is CCNc1nc(CC)nc(NC(C)(C)CC(N)=O)c1C. The second-order valence-electron chi connectivity index (χ2n) is 5.50. The van der Waals surface area contributed by atoms with Gasteiger partial charge in [-0.1, -0.05) is 6.92 Å². The van der Waals surface area contributed by atoms with Crippen LogP contribution in [0.1, 0.15) is 45.5 Å². The Hall–Kier alpha value is -1.85. The van der Waals surface area contributed by atoms with Gasteiger partial charge in [-0.25, -0.2) is 9.97 Å². The standard InChI is InChI=1S/C14H25N5O/c1-6-11-17-12(16-7-2)9(3)13(18-11)19-14(4,5)8-10(15)20/h6-8H2,1-5H3,(H2,15,20)(H2,16,17,18,19). The van der Waals surface area contributed by atoms with E-state index in [-0.39, 0.29) is 12.3 Å². The number of anilines is 2. The quantitative estimate of drug-likeness (QED) is 0.708. The van der Waals surface area contributed by atoms with E-state index in [2.05, 4.69) is 20.6 Å². The first-order valence-electron chi connectivity index (χ1n) is 6.97. The topological polar surface area (TPSA) is 92.9 Å². The number of carbonyl (C=O) groups excluding carboxylic acids is 1. The van der Waals surface area contributed by atoms with Crippen molar-refractivity contribution in [2.24, 2.45) is 5.73 Å². The molecule has 4 N–H and O–H groups in total. The molecule has 0 fully saturated rings. The molecule has 0 aliphatic carbocycles. The number of hydrogen-bond acceptors (Lipinski definition) is 5. The van der Waals surface area contributed by atoms with Gasteiger partial charge in [0.2, 0.25) is 5.91 Å². The lowest BCUT2D eigenvalue weighted by Crippen LogP contribution is -2.36. The molecule has 1 rings (SSSR count). The smallest absolute Gasteiger partial charge is 0.219 e. The minimum Gasteiger partial charge on any atom is -0.370 e. The van der Waals surface area contributed by atoms with Gasteiger partial charge in [0.25, 0.3) is 0 Å². The number of nitrogens with two attached hydrogens (primary N) is 1. The molecular formula is C14H25N5O. The maximum atomic E-state index is 11.1. The zero-order chi connectivity index (χ0) is 15.3. The third-order valence-corrected chi connectivity index (χ3v) is 2.93. The maximum absolute atomic E-state index is 11.1. The van der Waals surface area contributed by atoms with Gasteiger partial charge in [0.15, 0.2) is 0 Å². The van der Waals surface area contributed by atoms with Crippen molar-refractivity contribution < 1.29 is 4.79 Å². The Bertz CT molecular complexity index is 485. The van der Waals surface area contributed by atoms with Crippen molar-refractivity contribution in [2.75, 3.05) is 17.2 Å². The summed E-state index contributed by atoms with van der Waals surface area (Å²) in [7, 11) is 0. The molecule has 0 aliphatic rings. The summed E-state index contributed by atoms with van der Waals surface area (Å²) in [4.78, 5) is 20.1. The van der Waals surface area contributed by atoms with Gasteiger partial charge in [-0.05, 0) is 27.7 Å². The van der Waals surface area contributed by atoms with Crippen LogP contribution in [-0.4, -0.2) is 28.0 Å². The Labute approximate surface area is 120 Å². The molecule has 1 heterocycles. The van der Waals surface area contributed by atoms with Crippen molar-refractivity contribution in [2.45, 2.75) is 53.0 Å². The van der Waals surface area contributed by atoms with Gasteiger partial charge in [-0.3, -0.25) is 4.79 Å². The van der Waals surface area contributed by atoms with Gasteiger partial charge in [-0.2, -0.15) is 0 Å². The number of aryl methyl sites for hydroxylation is 1. The first kappa shape index (κ1) is 16.2. The van der Waals surface area contributed by atoms with Crippen LogP contribution in [0.4, 0.5) is 11.6 Å². The summed E-state index contributed by atoms with van der Waals surface area (Å²) in [5.41, 5.74) is 5.78. The molecule has 0 radical (unpaired) electrons. The summed E-state index contributed by atoms with van der Waals surface area (Å²) in [6.07, 6.45) is 0.998. The average Bonchev–Trinajstić information content (AvgIpc) is 2.32. The van der Waals surface area contributed by atoms with E-state index >= 15 is 0 Å². The summed E-state index contributed by atoms with van der Waals surface area (Å²) in [5, 5.41) is 6.53. The van der Waals surface area contributed by atoms with Crippen molar-refractivity contribution >= 4 is 17.5 Å². The van der Waals surface area contributed by atoms with E-state index in [0.29, 0.717) is 0 Å². The Morgan fingerprint density at radius 1 is 1.25 bits per heavy atom. The van der Waals surface area contributed by atoms with E-state index in [9.17, 15) is 4.79 Å². The highest BCUT2D eigenvalue weighted by Gasteiger charge is 2.23. The zero-order valence-electron chi connectivity index (χ0n) is 13.0. The molecule has 0 aliphatic heterocycles. The average molecular weight is 279 g/mol. The third-order valence-electron chi connectivity index (χ3n) is 2.93. The number of carbonyl (C=O) groups is 1. The molecule has 112 valence electrons. The summed E-state index contributed by atoms with van der Waals surface area (Å²) in [6.45, 7) is 10.6. The second kappa shape index (κ2) is 6.54. The number of hydrogen-bond donors (Lipinski definition) is 3. The van der Waals surface area contributed by atoms with Crippen molar-refractivity contribution in [1.29, 1.82) is 0 Å². The van der Waals surface area contributed by atoms with E-state index < -0.39 is 5.54 Å². The molecular weight excluding hydrogens is 254 g/mol. The van der Waals surface area contributed by atoms with E-state index in [1.165, 1.54) is 0 Å². The van der Waals surface area contributed by atoms with Gasteiger partial charge >= 0.3 is 0 Å². The Morgan fingerprint density at radius 2 is 1.85 bits per heavy atom. The van der Waals surface area contributed by atoms with Crippen LogP contribution in [0.3, 0.4) is 0 Å². The lowest BCUT2D eigenvalue weighted by Gasteiger charge is -2.27. The fourth-order valence-corrected chi connectivity index (χ4v) is 1.98. The molecule has 0 bridgehead atoms. The van der Waals surface area contributed by atoms with Crippen LogP contribution in [0.2, 0.25) is 0 Å². The predicted octanol–water partition coefficient (Wildman–Crippen LogP) is 1.85. The van der Waals surface area contributed by atoms with Crippen molar-refractivity contribution in [3.05, 3.63) is 11.4 Å². The Kier molecular flexibility index (Phi) is 5.30. The third kappa shape index (κ3) is 4.36. The molecule has 1 amide bonds. The summed E-state index contributed by atoms with van der Waals surface area (Å²) < 4.78 is 0. The van der Waals surface area contributed by atoms with Crippen LogP contribution >= 0.6 is 0 Å². The lowest BCUT2D eigenvalue weighted by molar-refractivity contribution is -0.118. The number of amides is 1. The molecule has 6 heteroatoms. The highest BCUT2D eigenvalue weighted by Crippen LogP contribution is 2.24. The van der Waals surface area contributed by atoms with E-state index in [0.717, 1.165) is 36.0 Å². The van der Waals surface area contributed by atoms with Crippen LogP contribution in [0, 0.1) is 6.92 Å². The number of nitrogens with one attached hydrogen (secondary N) is 2. The fraction of sp³-hybridized carbons (Fsp3) is 0.643. The highest BCUT2D eigenvalue weighted by atomic mass is 16.1. The largest absolute Gasteiger partial charge is 0.370 e. The molecule has 0 saturated heterocycles. The summed E-state index contributed by atoms with van der Waals surface area (Å²) in [6, 6.07) is 0. The number of aromatic nitrogens is 2. The van der Waals surface area contributed by atoms with Gasteiger partial charge in [0.1, 0.15) is 17.5 Å². The zero-order valence-corrected chi connectivity index (χ0v) is 13.0. The molecule has 6 nitrogen and oxygen atoms in total. The molecule has 0 atom stereocenters. The van der Waals surface area contributed by atoms with Gasteiger partial charge < -0.3 is 16.4 Å².